The average Bonchev–Trinajstić information content (AvgIpc) is 3.07. The number of aromatic hydroxyl groups is 1. The number of carboxylic acids is 1. The first-order valence-electron chi connectivity index (χ1n) is 17.9. The average molecular weight is 731 g/mol. The van der Waals surface area contributed by atoms with Gasteiger partial charge in [0.2, 0.25) is 29.5 Å². The van der Waals surface area contributed by atoms with E-state index in [4.69, 9.17) is 17.2 Å². The smallest absolute Gasteiger partial charge is 0.326 e. The van der Waals surface area contributed by atoms with Crippen LogP contribution in [0.3, 0.4) is 0 Å². The number of hydrogen-bond donors (Lipinski definition) is 10. The molecule has 13 N–H and O–H groups in total. The van der Waals surface area contributed by atoms with E-state index < -0.39 is 77.2 Å². The molecule has 0 saturated carbocycles. The number of phenolic OH excluding ortho intramolecular Hbond substituents is 1. The number of benzene rings is 1. The molecule has 0 fully saturated rings. The minimum absolute atomic E-state index is 0.00804. The number of rotatable bonds is 16. The fourth-order valence-corrected chi connectivity index (χ4v) is 5.59. The van der Waals surface area contributed by atoms with Crippen molar-refractivity contribution in [3.05, 3.63) is 42.0 Å². The lowest BCUT2D eigenvalue weighted by Gasteiger charge is -2.28. The van der Waals surface area contributed by atoms with E-state index in [0.717, 1.165) is 0 Å². The molecule has 290 valence electrons. The van der Waals surface area contributed by atoms with Crippen molar-refractivity contribution in [2.45, 2.75) is 121 Å². The summed E-state index contributed by atoms with van der Waals surface area (Å²) in [5.74, 6) is -4.56. The molecule has 1 aromatic rings. The number of nitrogens with one attached hydrogen (secondary N) is 5. The molecule has 0 radical (unpaired) electrons. The van der Waals surface area contributed by atoms with Gasteiger partial charge in [0.05, 0.1) is 6.04 Å². The molecule has 16 nitrogen and oxygen atoms in total. The van der Waals surface area contributed by atoms with Crippen molar-refractivity contribution in [2.75, 3.05) is 13.1 Å². The zero-order valence-electron chi connectivity index (χ0n) is 30.5. The topological polar surface area (TPSA) is 281 Å². The van der Waals surface area contributed by atoms with Crippen LogP contribution in [0.25, 0.3) is 0 Å². The zero-order chi connectivity index (χ0) is 38.8. The van der Waals surface area contributed by atoms with Crippen LogP contribution in [0.5, 0.6) is 5.75 Å². The minimum atomic E-state index is -1.28. The fraction of sp³-hybridized carbons (Fsp3) is 0.611. The van der Waals surface area contributed by atoms with Crippen molar-refractivity contribution in [1.29, 1.82) is 0 Å². The number of hydrogen-bond acceptors (Lipinski definition) is 10. The van der Waals surface area contributed by atoms with Crippen molar-refractivity contribution >= 4 is 35.5 Å². The van der Waals surface area contributed by atoms with Gasteiger partial charge in [-0.25, -0.2) is 4.79 Å². The molecule has 16 heteroatoms. The molecule has 1 aliphatic heterocycles. The number of carboxylic acid groups (broad SMARTS) is 1. The second kappa shape index (κ2) is 21.7. The molecule has 0 saturated heterocycles. The molecule has 1 heterocycles. The third kappa shape index (κ3) is 15.8. The first-order chi connectivity index (χ1) is 24.5. The maximum atomic E-state index is 13.9. The molecule has 5 amide bonds. The summed E-state index contributed by atoms with van der Waals surface area (Å²) >= 11 is 0. The summed E-state index contributed by atoms with van der Waals surface area (Å²) in [6.07, 6.45) is 5.90. The monoisotopic (exact) mass is 730 g/mol. The zero-order valence-corrected chi connectivity index (χ0v) is 30.5. The molecule has 0 aromatic heterocycles. The summed E-state index contributed by atoms with van der Waals surface area (Å²) in [5.41, 5.74) is 17.5. The van der Waals surface area contributed by atoms with Crippen LogP contribution in [0.1, 0.15) is 84.1 Å². The summed E-state index contributed by atoms with van der Waals surface area (Å²) in [5, 5.41) is 33.0. The van der Waals surface area contributed by atoms with Crippen LogP contribution in [0.15, 0.2) is 36.4 Å². The number of carbonyl (C=O) groups is 6. The quantitative estimate of drug-likeness (QED) is 0.0786. The SMILES string of the molecule is CC(C)(C)C[C@H](NC(=O)[C@H](Cc1ccc(O)cc1)NC(=O)[C@@H]1C/C=C/C[C@H](N)C(=O)N[C@@H](CCCCN)C(=O)N[C@@H](CCCCN)C(=O)N1)C(=O)O. The van der Waals surface area contributed by atoms with Gasteiger partial charge in [-0.05, 0) is 94.0 Å². The van der Waals surface area contributed by atoms with E-state index in [9.17, 15) is 39.0 Å². The molecule has 52 heavy (non-hydrogen) atoms. The largest absolute Gasteiger partial charge is 0.508 e. The fourth-order valence-electron chi connectivity index (χ4n) is 5.59. The van der Waals surface area contributed by atoms with E-state index in [-0.39, 0.29) is 44.3 Å². The molecule has 1 aromatic carbocycles. The summed E-state index contributed by atoms with van der Waals surface area (Å²) in [6, 6.07) is -0.874. The Hall–Kier alpha value is -4.54. The highest BCUT2D eigenvalue weighted by molar-refractivity contribution is 5.96. The van der Waals surface area contributed by atoms with Gasteiger partial charge >= 0.3 is 5.97 Å². The van der Waals surface area contributed by atoms with Gasteiger partial charge in [0.25, 0.3) is 0 Å². The first-order valence-corrected chi connectivity index (χ1v) is 17.9. The number of nitrogens with two attached hydrogens (primary N) is 3. The Morgan fingerprint density at radius 2 is 1.35 bits per heavy atom. The Morgan fingerprint density at radius 3 is 1.88 bits per heavy atom. The van der Waals surface area contributed by atoms with Gasteiger partial charge in [-0.1, -0.05) is 45.1 Å². The third-order valence-electron chi connectivity index (χ3n) is 8.50. The number of aliphatic carboxylic acids is 1. The number of unbranched alkanes of at least 4 members (excludes halogenated alkanes) is 2. The maximum absolute atomic E-state index is 13.9. The Kier molecular flexibility index (Phi) is 18.2. The Morgan fingerprint density at radius 1 is 0.808 bits per heavy atom. The molecule has 0 spiro atoms. The highest BCUT2D eigenvalue weighted by Gasteiger charge is 2.33. The first kappa shape index (κ1) is 43.6. The van der Waals surface area contributed by atoms with Crippen LogP contribution < -0.4 is 43.8 Å². The maximum Gasteiger partial charge on any atom is 0.326 e. The Labute approximate surface area is 305 Å². The standard InChI is InChI=1S/C36H58N8O8/c1-36(2,3)21-29(35(51)52)44-34(50)28(20-22-14-16-23(45)17-15-22)43-33(49)26-11-5-4-10-24(39)30(46)40-25(12-6-8-18-37)31(47)42-27(32(48)41-26)13-7-9-19-38/h4-5,14-17,24-29,45H,6-13,18-21,37-39H2,1-3H3,(H,40,46)(H,41,48)(H,42,47)(H,43,49)(H,44,50)(H,51,52)/b5-4+/t24-,25-,26-,27-,28-,29-/m0/s1. The van der Waals surface area contributed by atoms with E-state index in [1.165, 1.54) is 12.1 Å². The predicted octanol–water partition coefficient (Wildman–Crippen LogP) is -0.185. The van der Waals surface area contributed by atoms with E-state index in [1.807, 2.05) is 20.8 Å². The summed E-state index contributed by atoms with van der Waals surface area (Å²) < 4.78 is 0. The van der Waals surface area contributed by atoms with Crippen LogP contribution in [-0.4, -0.2) is 95.1 Å². The van der Waals surface area contributed by atoms with Crippen LogP contribution in [0, 0.1) is 5.41 Å². The number of carbonyl (C=O) groups excluding carboxylic acids is 5. The van der Waals surface area contributed by atoms with Crippen LogP contribution >= 0.6 is 0 Å². The molecule has 0 unspecified atom stereocenters. The van der Waals surface area contributed by atoms with Crippen molar-refractivity contribution in [2.24, 2.45) is 22.6 Å². The number of phenols is 1. The lowest BCUT2D eigenvalue weighted by molar-refractivity contribution is -0.143. The van der Waals surface area contributed by atoms with Gasteiger partial charge in [0.1, 0.15) is 36.0 Å². The summed E-state index contributed by atoms with van der Waals surface area (Å²) in [4.78, 5) is 79.8. The van der Waals surface area contributed by atoms with Crippen molar-refractivity contribution in [3.63, 3.8) is 0 Å². The number of amides is 5. The molecule has 0 aliphatic carbocycles. The highest BCUT2D eigenvalue weighted by Crippen LogP contribution is 2.21. The molecule has 2 rings (SSSR count). The molecule has 0 bridgehead atoms. The molecular formula is C36H58N8O8. The third-order valence-corrected chi connectivity index (χ3v) is 8.50. The minimum Gasteiger partial charge on any atom is -0.508 e. The van der Waals surface area contributed by atoms with Crippen LogP contribution in [0.4, 0.5) is 0 Å². The normalized spacial score (nSPS) is 22.1. The van der Waals surface area contributed by atoms with Gasteiger partial charge in [-0.2, -0.15) is 0 Å². The van der Waals surface area contributed by atoms with E-state index in [1.54, 1.807) is 24.3 Å². The van der Waals surface area contributed by atoms with Crippen molar-refractivity contribution in [3.8, 4) is 5.75 Å². The lowest BCUT2D eigenvalue weighted by Crippen LogP contribution is -2.59. The lowest BCUT2D eigenvalue weighted by atomic mass is 9.88. The second-order valence-corrected chi connectivity index (χ2v) is 14.4. The predicted molar refractivity (Wildman–Crippen MR) is 195 cm³/mol. The van der Waals surface area contributed by atoms with Crippen molar-refractivity contribution in [1.82, 2.24) is 26.6 Å². The van der Waals surface area contributed by atoms with Gasteiger partial charge < -0.3 is 54.0 Å². The second-order valence-electron chi connectivity index (χ2n) is 14.4. The van der Waals surface area contributed by atoms with Gasteiger partial charge in [0.15, 0.2) is 0 Å². The summed E-state index contributed by atoms with van der Waals surface area (Å²) in [7, 11) is 0. The molecule has 1 aliphatic rings. The highest BCUT2D eigenvalue weighted by atomic mass is 16.4. The van der Waals surface area contributed by atoms with Gasteiger partial charge in [0, 0.05) is 6.42 Å². The van der Waals surface area contributed by atoms with Gasteiger partial charge in [-0.15, -0.1) is 0 Å². The van der Waals surface area contributed by atoms with E-state index >= 15 is 0 Å². The van der Waals surface area contributed by atoms with E-state index in [0.29, 0.717) is 44.3 Å². The van der Waals surface area contributed by atoms with Crippen LogP contribution in [-0.2, 0) is 35.2 Å². The Balaban J connectivity index is 2.45. The molecular weight excluding hydrogens is 672 g/mol. The van der Waals surface area contributed by atoms with Crippen LogP contribution in [0.2, 0.25) is 0 Å². The van der Waals surface area contributed by atoms with E-state index in [2.05, 4.69) is 26.6 Å². The molecule has 6 atom stereocenters. The van der Waals surface area contributed by atoms with Crippen molar-refractivity contribution < 1.29 is 39.0 Å². The van der Waals surface area contributed by atoms with Gasteiger partial charge in [-0.3, -0.25) is 24.0 Å². The Bertz CT molecular complexity index is 1380. The summed E-state index contributed by atoms with van der Waals surface area (Å²) in [6.45, 7) is 6.26.